The molecular formula is C55H107NO13. The van der Waals surface area contributed by atoms with Crippen LogP contribution in [-0.2, 0) is 23.7 Å². The summed E-state index contributed by atoms with van der Waals surface area (Å²) < 4.78 is 22.7. The summed E-state index contributed by atoms with van der Waals surface area (Å²) in [5.41, 5.74) is 0. The summed E-state index contributed by atoms with van der Waals surface area (Å²) in [5, 5.41) is 86.9. The van der Waals surface area contributed by atoms with Crippen molar-refractivity contribution in [2.24, 2.45) is 0 Å². The molecule has 2 aliphatic heterocycles. The predicted molar refractivity (Wildman–Crippen MR) is 272 cm³/mol. The topological polar surface area (TPSA) is 228 Å². The Hall–Kier alpha value is -1.01. The number of hydrogen-bond acceptors (Lipinski definition) is 13. The molecule has 12 atom stereocenters. The number of aliphatic hydroxyl groups is 8. The van der Waals surface area contributed by atoms with Gasteiger partial charge in [-0.15, -0.1) is 0 Å². The van der Waals surface area contributed by atoms with Gasteiger partial charge in [0.05, 0.1) is 32.0 Å². The maximum atomic E-state index is 13.1. The van der Waals surface area contributed by atoms with Crippen LogP contribution in [0.1, 0.15) is 251 Å². The van der Waals surface area contributed by atoms with Crippen LogP contribution in [0.25, 0.3) is 0 Å². The number of aliphatic hydroxyl groups excluding tert-OH is 8. The van der Waals surface area contributed by atoms with Crippen molar-refractivity contribution in [1.29, 1.82) is 0 Å². The third-order valence-corrected chi connectivity index (χ3v) is 14.6. The van der Waals surface area contributed by atoms with Gasteiger partial charge in [0.25, 0.3) is 0 Å². The van der Waals surface area contributed by atoms with E-state index in [2.05, 4.69) is 19.2 Å². The van der Waals surface area contributed by atoms with Crippen molar-refractivity contribution in [2.75, 3.05) is 19.8 Å². The summed E-state index contributed by atoms with van der Waals surface area (Å²) in [4.78, 5) is 13.1. The van der Waals surface area contributed by atoms with Crippen LogP contribution in [0.3, 0.4) is 0 Å². The second-order valence-corrected chi connectivity index (χ2v) is 20.8. The Kier molecular flexibility index (Phi) is 39.4. The lowest BCUT2D eigenvalue weighted by Gasteiger charge is -2.46. The molecule has 0 saturated carbocycles. The molecule has 2 fully saturated rings. The van der Waals surface area contributed by atoms with Gasteiger partial charge >= 0.3 is 0 Å². The van der Waals surface area contributed by atoms with Gasteiger partial charge in [0.1, 0.15) is 48.8 Å². The monoisotopic (exact) mass is 990 g/mol. The number of rotatable bonds is 46. The van der Waals surface area contributed by atoms with Gasteiger partial charge in [-0.25, -0.2) is 0 Å². The van der Waals surface area contributed by atoms with Crippen LogP contribution in [0, 0.1) is 0 Å². The van der Waals surface area contributed by atoms with E-state index in [1.54, 1.807) is 0 Å². The molecule has 14 nitrogen and oxygen atoms in total. The van der Waals surface area contributed by atoms with Crippen LogP contribution in [-0.4, -0.2) is 140 Å². The molecule has 0 spiro atoms. The van der Waals surface area contributed by atoms with E-state index >= 15 is 0 Å². The highest BCUT2D eigenvalue weighted by Crippen LogP contribution is 2.30. The first-order valence-corrected chi connectivity index (χ1v) is 28.8. The molecule has 0 bridgehead atoms. The van der Waals surface area contributed by atoms with Gasteiger partial charge in [-0.3, -0.25) is 4.79 Å². The highest BCUT2D eigenvalue weighted by molar-refractivity contribution is 5.76. The fourth-order valence-electron chi connectivity index (χ4n) is 9.89. The summed E-state index contributed by atoms with van der Waals surface area (Å²) in [6.45, 7) is 2.84. The van der Waals surface area contributed by atoms with E-state index in [9.17, 15) is 45.6 Å². The predicted octanol–water partition coefficient (Wildman–Crippen LogP) is 8.95. The molecule has 0 radical (unpaired) electrons. The fraction of sp³-hybridized carbons (Fsp3) is 0.982. The van der Waals surface area contributed by atoms with Gasteiger partial charge in [-0.05, 0) is 12.8 Å². The molecular weight excluding hydrogens is 883 g/mol. The van der Waals surface area contributed by atoms with Crippen LogP contribution >= 0.6 is 0 Å². The standard InChI is InChI=1S/C55H107NO13/c1-3-5-7-9-11-13-14-15-16-17-18-19-20-21-22-23-24-25-26-27-28-29-30-31-32-34-36-38-44(59)43(56-47(60)39-37-35-33-12-10-8-6-4-2)42-66-54-52(65)50(63)53(46(41-58)68-54)69-55-51(64)49(62)48(61)45(40-57)67-55/h43-46,48-55,57-59,61-65H,3-42H2,1-2H3,(H,56,60). The molecule has 2 rings (SSSR count). The van der Waals surface area contributed by atoms with E-state index < -0.39 is 86.8 Å². The Bertz CT molecular complexity index is 1170. The number of amides is 1. The largest absolute Gasteiger partial charge is 0.394 e. The zero-order valence-electron chi connectivity index (χ0n) is 43.8. The van der Waals surface area contributed by atoms with Gasteiger partial charge in [0.2, 0.25) is 5.91 Å². The second-order valence-electron chi connectivity index (χ2n) is 20.8. The van der Waals surface area contributed by atoms with Crippen molar-refractivity contribution in [2.45, 2.75) is 325 Å². The van der Waals surface area contributed by atoms with E-state index in [4.69, 9.17) is 18.9 Å². The fourth-order valence-corrected chi connectivity index (χ4v) is 9.89. The van der Waals surface area contributed by atoms with Crippen LogP contribution in [0.4, 0.5) is 0 Å². The molecule has 410 valence electrons. The minimum atomic E-state index is -1.78. The van der Waals surface area contributed by atoms with Crippen LogP contribution in [0.2, 0.25) is 0 Å². The average molecular weight is 990 g/mol. The first-order valence-electron chi connectivity index (χ1n) is 28.8. The van der Waals surface area contributed by atoms with Crippen molar-refractivity contribution in [3.05, 3.63) is 0 Å². The van der Waals surface area contributed by atoms with Crippen LogP contribution < -0.4 is 5.32 Å². The Balaban J connectivity index is 1.65. The second kappa shape index (κ2) is 42.4. The van der Waals surface area contributed by atoms with Gasteiger partial charge in [0, 0.05) is 6.42 Å². The van der Waals surface area contributed by atoms with Crippen molar-refractivity contribution in [1.82, 2.24) is 5.32 Å². The van der Waals surface area contributed by atoms with Crippen LogP contribution in [0.5, 0.6) is 0 Å². The lowest BCUT2D eigenvalue weighted by Crippen LogP contribution is -2.65. The van der Waals surface area contributed by atoms with E-state index in [0.29, 0.717) is 12.8 Å². The molecule has 2 heterocycles. The quantitative estimate of drug-likeness (QED) is 0.0260. The number of hydrogen-bond donors (Lipinski definition) is 9. The van der Waals surface area contributed by atoms with Gasteiger partial charge in [-0.2, -0.15) is 0 Å². The molecule has 9 N–H and O–H groups in total. The van der Waals surface area contributed by atoms with Gasteiger partial charge in [-0.1, -0.05) is 232 Å². The van der Waals surface area contributed by atoms with E-state index in [1.165, 1.54) is 173 Å². The molecule has 14 heteroatoms. The molecule has 0 aromatic rings. The average Bonchev–Trinajstić information content (AvgIpc) is 3.35. The Morgan fingerprint density at radius 3 is 1.23 bits per heavy atom. The highest BCUT2D eigenvalue weighted by atomic mass is 16.7. The van der Waals surface area contributed by atoms with Crippen molar-refractivity contribution < 1.29 is 64.6 Å². The number of ether oxygens (including phenoxy) is 4. The van der Waals surface area contributed by atoms with E-state index in [1.807, 2.05) is 0 Å². The molecule has 0 aliphatic carbocycles. The maximum Gasteiger partial charge on any atom is 0.220 e. The lowest BCUT2D eigenvalue weighted by molar-refractivity contribution is -0.359. The van der Waals surface area contributed by atoms with E-state index in [-0.39, 0.29) is 12.5 Å². The molecule has 69 heavy (non-hydrogen) atoms. The van der Waals surface area contributed by atoms with Crippen molar-refractivity contribution in [3.8, 4) is 0 Å². The molecule has 0 aromatic heterocycles. The number of carbonyl (C=O) groups is 1. The lowest BCUT2D eigenvalue weighted by atomic mass is 9.97. The third-order valence-electron chi connectivity index (χ3n) is 14.6. The Labute approximate surface area is 419 Å². The third kappa shape index (κ3) is 28.9. The number of unbranched alkanes of at least 4 members (excludes halogenated alkanes) is 33. The zero-order valence-corrected chi connectivity index (χ0v) is 43.8. The maximum absolute atomic E-state index is 13.1. The van der Waals surface area contributed by atoms with Gasteiger partial charge < -0.3 is 65.1 Å². The Morgan fingerprint density at radius 2 is 0.826 bits per heavy atom. The number of nitrogens with one attached hydrogen (secondary N) is 1. The summed E-state index contributed by atoms with van der Waals surface area (Å²) in [6.07, 6.45) is 28.6. The smallest absolute Gasteiger partial charge is 0.220 e. The summed E-state index contributed by atoms with van der Waals surface area (Å²) in [5.74, 6) is -0.208. The first-order chi connectivity index (χ1) is 33.6. The molecule has 0 aromatic carbocycles. The summed E-state index contributed by atoms with van der Waals surface area (Å²) in [6, 6.07) is -0.820. The zero-order chi connectivity index (χ0) is 50.3. The minimum absolute atomic E-state index is 0.208. The minimum Gasteiger partial charge on any atom is -0.394 e. The molecule has 2 saturated heterocycles. The van der Waals surface area contributed by atoms with Crippen molar-refractivity contribution >= 4 is 5.91 Å². The SMILES string of the molecule is CCCCCCCCCCCCCCCCCCCCCCCCCCCCCC(O)C(COC1OC(CO)C(OC2OC(CO)C(O)C(O)C2O)C(O)C1O)NC(=O)CCCCCCCCCC. The Morgan fingerprint density at radius 1 is 0.464 bits per heavy atom. The first kappa shape index (κ1) is 64.1. The molecule has 12 unspecified atom stereocenters. The summed E-state index contributed by atoms with van der Waals surface area (Å²) in [7, 11) is 0. The number of carbonyl (C=O) groups excluding carboxylic acids is 1. The van der Waals surface area contributed by atoms with Crippen molar-refractivity contribution in [3.63, 3.8) is 0 Å². The highest BCUT2D eigenvalue weighted by Gasteiger charge is 2.51. The normalized spacial score (nSPS) is 26.1. The van der Waals surface area contributed by atoms with E-state index in [0.717, 1.165) is 51.4 Å². The van der Waals surface area contributed by atoms with Crippen LogP contribution in [0.15, 0.2) is 0 Å². The molecule has 2 aliphatic rings. The van der Waals surface area contributed by atoms with Gasteiger partial charge in [0.15, 0.2) is 12.6 Å². The summed E-state index contributed by atoms with van der Waals surface area (Å²) >= 11 is 0. The molecule has 1 amide bonds.